The first-order valence-electron chi connectivity index (χ1n) is 6.13. The molecule has 0 unspecified atom stereocenters. The zero-order valence-corrected chi connectivity index (χ0v) is 12.7. The van der Waals surface area contributed by atoms with Gasteiger partial charge in [-0.05, 0) is 41.4 Å². The molecule has 0 bridgehead atoms. The molecule has 0 aliphatic heterocycles. The van der Waals surface area contributed by atoms with Crippen LogP contribution >= 0.6 is 15.9 Å². The van der Waals surface area contributed by atoms with Gasteiger partial charge in [-0.2, -0.15) is 0 Å². The molecule has 0 aliphatic rings. The van der Waals surface area contributed by atoms with E-state index in [9.17, 15) is 14.7 Å². The van der Waals surface area contributed by atoms with Crippen LogP contribution in [0.25, 0.3) is 0 Å². The predicted octanol–water partition coefficient (Wildman–Crippen LogP) is 3.23. The minimum absolute atomic E-state index is 0.124. The number of benzene rings is 1. The normalized spacial score (nSPS) is 12.2. The Bertz CT molecular complexity index is 707. The summed E-state index contributed by atoms with van der Waals surface area (Å²) in [6.07, 6.45) is 0. The summed E-state index contributed by atoms with van der Waals surface area (Å²) in [5.41, 5.74) is 1.29. The van der Waals surface area contributed by atoms with Gasteiger partial charge in [0, 0.05) is 5.69 Å². The van der Waals surface area contributed by atoms with Crippen LogP contribution in [0.1, 0.15) is 34.6 Å². The fourth-order valence-electron chi connectivity index (χ4n) is 2.25. The van der Waals surface area contributed by atoms with Gasteiger partial charge in [0.1, 0.15) is 0 Å². The number of carboxylic acids is 1. The van der Waals surface area contributed by atoms with Crippen LogP contribution in [0.15, 0.2) is 45.7 Å². The number of carboxylic acid groups (broad SMARTS) is 1. The highest BCUT2D eigenvalue weighted by atomic mass is 79.9. The molecule has 2 rings (SSSR count). The lowest BCUT2D eigenvalue weighted by Gasteiger charge is -2.20. The van der Waals surface area contributed by atoms with Crippen molar-refractivity contribution < 1.29 is 9.90 Å². The number of aromatic carboxylic acids is 1. The first-order valence-corrected chi connectivity index (χ1v) is 6.92. The molecular weight excluding hydrogens is 322 g/mol. The maximum atomic E-state index is 12.3. The summed E-state index contributed by atoms with van der Waals surface area (Å²) >= 11 is 3.14. The van der Waals surface area contributed by atoms with Gasteiger partial charge in [-0.25, -0.2) is 4.79 Å². The van der Waals surface area contributed by atoms with E-state index >= 15 is 0 Å². The third-order valence-corrected chi connectivity index (χ3v) is 3.91. The van der Waals surface area contributed by atoms with Crippen molar-refractivity contribution in [3.8, 4) is 0 Å². The monoisotopic (exact) mass is 335 g/mol. The number of aromatic nitrogens is 1. The van der Waals surface area contributed by atoms with Crippen molar-refractivity contribution in [3.63, 3.8) is 0 Å². The first kappa shape index (κ1) is 14.5. The van der Waals surface area contributed by atoms with E-state index in [1.54, 1.807) is 6.92 Å². The Hall–Kier alpha value is -1.88. The summed E-state index contributed by atoms with van der Waals surface area (Å²) in [4.78, 5) is 23.6. The van der Waals surface area contributed by atoms with E-state index < -0.39 is 5.97 Å². The number of rotatable bonds is 3. The highest BCUT2D eigenvalue weighted by Gasteiger charge is 2.19. The highest BCUT2D eigenvalue weighted by Crippen LogP contribution is 2.21. The Morgan fingerprint density at radius 3 is 2.45 bits per heavy atom. The second kappa shape index (κ2) is 5.63. The zero-order chi connectivity index (χ0) is 14.9. The Morgan fingerprint density at radius 2 is 1.90 bits per heavy atom. The van der Waals surface area contributed by atoms with Crippen molar-refractivity contribution >= 4 is 21.9 Å². The van der Waals surface area contributed by atoms with Gasteiger partial charge in [-0.3, -0.25) is 4.79 Å². The first-order chi connectivity index (χ1) is 9.43. The second-order valence-electron chi connectivity index (χ2n) is 4.56. The summed E-state index contributed by atoms with van der Waals surface area (Å²) in [6.45, 7) is 3.53. The predicted molar refractivity (Wildman–Crippen MR) is 80.4 cm³/mol. The van der Waals surface area contributed by atoms with Crippen LogP contribution in [0.2, 0.25) is 0 Å². The van der Waals surface area contributed by atoms with E-state index in [4.69, 9.17) is 0 Å². The third-order valence-electron chi connectivity index (χ3n) is 3.34. The number of carbonyl (C=O) groups is 1. The van der Waals surface area contributed by atoms with Gasteiger partial charge in [-0.15, -0.1) is 0 Å². The molecule has 0 saturated carbocycles. The average molecular weight is 336 g/mol. The van der Waals surface area contributed by atoms with Gasteiger partial charge < -0.3 is 9.67 Å². The van der Waals surface area contributed by atoms with Crippen molar-refractivity contribution in [2.75, 3.05) is 0 Å². The van der Waals surface area contributed by atoms with E-state index in [1.807, 2.05) is 37.3 Å². The number of halogens is 1. The van der Waals surface area contributed by atoms with Gasteiger partial charge in [0.2, 0.25) is 0 Å². The standard InChI is InChI=1S/C15H14BrNO3/c1-9(11-6-4-3-5-7-11)17-10(2)12(15(19)20)8-13(16)14(17)18/h3-9H,1-2H3,(H,19,20)/t9-/m1/s1. The molecule has 0 spiro atoms. The van der Waals surface area contributed by atoms with Gasteiger partial charge in [0.05, 0.1) is 16.1 Å². The topological polar surface area (TPSA) is 59.3 Å². The van der Waals surface area contributed by atoms with Crippen LogP contribution in [0.4, 0.5) is 0 Å². The summed E-state index contributed by atoms with van der Waals surface area (Å²) in [6, 6.07) is 10.6. The van der Waals surface area contributed by atoms with Crippen molar-refractivity contribution in [1.82, 2.24) is 4.57 Å². The minimum atomic E-state index is -1.04. The lowest BCUT2D eigenvalue weighted by molar-refractivity contribution is 0.0694. The van der Waals surface area contributed by atoms with Gasteiger partial charge in [0.25, 0.3) is 5.56 Å². The van der Waals surface area contributed by atoms with Gasteiger partial charge >= 0.3 is 5.97 Å². The highest BCUT2D eigenvalue weighted by molar-refractivity contribution is 9.10. The van der Waals surface area contributed by atoms with Gasteiger partial charge in [0.15, 0.2) is 0 Å². The van der Waals surface area contributed by atoms with Crippen molar-refractivity contribution in [2.45, 2.75) is 19.9 Å². The summed E-state index contributed by atoms with van der Waals surface area (Å²) in [7, 11) is 0. The SMILES string of the molecule is Cc1c(C(=O)O)cc(Br)c(=O)n1[C@H](C)c1ccccc1. The molecule has 2 aromatic rings. The van der Waals surface area contributed by atoms with Crippen LogP contribution in [0.3, 0.4) is 0 Å². The zero-order valence-electron chi connectivity index (χ0n) is 11.1. The fraction of sp³-hybridized carbons (Fsp3) is 0.200. The maximum absolute atomic E-state index is 12.3. The molecule has 0 amide bonds. The molecule has 1 heterocycles. The Balaban J connectivity index is 2.68. The molecule has 20 heavy (non-hydrogen) atoms. The molecular formula is C15H14BrNO3. The van der Waals surface area contributed by atoms with E-state index in [0.717, 1.165) is 5.56 Å². The molecule has 1 atom stereocenters. The Kier molecular flexibility index (Phi) is 4.09. The third kappa shape index (κ3) is 2.54. The molecule has 104 valence electrons. The van der Waals surface area contributed by atoms with E-state index in [-0.39, 0.29) is 21.6 Å². The molecule has 1 aromatic carbocycles. The molecule has 0 aliphatic carbocycles. The van der Waals surface area contributed by atoms with E-state index in [1.165, 1.54) is 10.6 Å². The molecule has 0 radical (unpaired) electrons. The molecule has 0 fully saturated rings. The summed E-state index contributed by atoms with van der Waals surface area (Å²) in [5.74, 6) is -1.04. The lowest BCUT2D eigenvalue weighted by atomic mass is 10.1. The molecule has 1 aromatic heterocycles. The number of nitrogens with zero attached hydrogens (tertiary/aromatic N) is 1. The number of pyridine rings is 1. The molecule has 1 N–H and O–H groups in total. The fourth-order valence-corrected chi connectivity index (χ4v) is 2.67. The molecule has 0 saturated heterocycles. The summed E-state index contributed by atoms with van der Waals surface area (Å²) in [5, 5.41) is 9.22. The average Bonchev–Trinajstić information content (AvgIpc) is 2.43. The van der Waals surface area contributed by atoms with Crippen LogP contribution < -0.4 is 5.56 Å². The molecule has 4 nitrogen and oxygen atoms in total. The van der Waals surface area contributed by atoms with Crippen LogP contribution in [0, 0.1) is 6.92 Å². The van der Waals surface area contributed by atoms with E-state index in [0.29, 0.717) is 5.69 Å². The van der Waals surface area contributed by atoms with Crippen LogP contribution in [-0.4, -0.2) is 15.6 Å². The number of hydrogen-bond donors (Lipinski definition) is 1. The van der Waals surface area contributed by atoms with Crippen LogP contribution in [0.5, 0.6) is 0 Å². The van der Waals surface area contributed by atoms with Crippen LogP contribution in [-0.2, 0) is 0 Å². The second-order valence-corrected chi connectivity index (χ2v) is 5.41. The van der Waals surface area contributed by atoms with Gasteiger partial charge in [-0.1, -0.05) is 30.3 Å². The lowest BCUT2D eigenvalue weighted by Crippen LogP contribution is -2.28. The van der Waals surface area contributed by atoms with Crippen molar-refractivity contribution in [2.24, 2.45) is 0 Å². The summed E-state index contributed by atoms with van der Waals surface area (Å²) < 4.78 is 1.76. The smallest absolute Gasteiger partial charge is 0.337 e. The van der Waals surface area contributed by atoms with Crippen molar-refractivity contribution in [1.29, 1.82) is 0 Å². The van der Waals surface area contributed by atoms with Crippen molar-refractivity contribution in [3.05, 3.63) is 68.0 Å². The number of hydrogen-bond acceptors (Lipinski definition) is 2. The van der Waals surface area contributed by atoms with E-state index in [2.05, 4.69) is 15.9 Å². The maximum Gasteiger partial charge on any atom is 0.337 e. The quantitative estimate of drug-likeness (QED) is 0.936. The largest absolute Gasteiger partial charge is 0.478 e. The Labute approximate surface area is 124 Å². The Morgan fingerprint density at radius 1 is 1.30 bits per heavy atom. The minimum Gasteiger partial charge on any atom is -0.478 e. The molecule has 5 heteroatoms.